The van der Waals surface area contributed by atoms with Crippen LogP contribution >= 0.6 is 0 Å². The fourth-order valence-electron chi connectivity index (χ4n) is 2.04. The Morgan fingerprint density at radius 3 is 2.32 bits per heavy atom. The summed E-state index contributed by atoms with van der Waals surface area (Å²) in [6.45, 7) is 6.69. The van der Waals surface area contributed by atoms with Crippen molar-refractivity contribution in [3.63, 3.8) is 0 Å². The van der Waals surface area contributed by atoms with Crippen molar-refractivity contribution in [2.24, 2.45) is 0 Å². The van der Waals surface area contributed by atoms with Crippen LogP contribution in [0, 0.1) is 0 Å². The highest BCUT2D eigenvalue weighted by Gasteiger charge is 2.52. The van der Waals surface area contributed by atoms with E-state index >= 15 is 0 Å². The average molecular weight is 307 g/mol. The van der Waals surface area contributed by atoms with Crippen LogP contribution in [0.5, 0.6) is 0 Å². The lowest BCUT2D eigenvalue weighted by atomic mass is 10.3. The summed E-state index contributed by atoms with van der Waals surface area (Å²) in [7, 11) is 2.03. The quantitative estimate of drug-likeness (QED) is 0.418. The number of hydrogen-bond donors (Lipinski definition) is 0. The van der Waals surface area contributed by atoms with Gasteiger partial charge in [0.15, 0.2) is 0 Å². The first-order valence-corrected chi connectivity index (χ1v) is 7.72. The third-order valence-electron chi connectivity index (χ3n) is 2.87. The maximum absolute atomic E-state index is 5.52. The van der Waals surface area contributed by atoms with Gasteiger partial charge in [0.1, 0.15) is 18.9 Å². The number of halogens is 1. The highest BCUT2D eigenvalue weighted by molar-refractivity contribution is 6.50. The van der Waals surface area contributed by atoms with Gasteiger partial charge in [-0.1, -0.05) is 19.6 Å². The molecule has 7 heteroatoms. The highest BCUT2D eigenvalue weighted by Crippen LogP contribution is 2.08. The molecule has 1 aromatic heterocycles. The Morgan fingerprint density at radius 1 is 1.32 bits per heavy atom. The van der Waals surface area contributed by atoms with E-state index in [2.05, 4.69) is 18.1 Å². The lowest BCUT2D eigenvalue weighted by Gasteiger charge is -2.20. The van der Waals surface area contributed by atoms with Gasteiger partial charge in [-0.3, -0.25) is 0 Å². The first-order chi connectivity index (χ1) is 8.68. The average Bonchev–Trinajstić information content (AvgIpc) is 2.78. The van der Waals surface area contributed by atoms with E-state index in [0.717, 1.165) is 25.2 Å². The normalized spacial score (nSPS) is 11.2. The second-order valence-electron chi connectivity index (χ2n) is 3.91. The van der Waals surface area contributed by atoms with Crippen LogP contribution in [0.3, 0.4) is 0 Å². The van der Waals surface area contributed by atoms with E-state index < -0.39 is 8.97 Å². The number of nitrogens with zero attached hydrogens (tertiary/aromatic N) is 2. The van der Waals surface area contributed by atoms with Crippen LogP contribution in [0.15, 0.2) is 25.0 Å². The third kappa shape index (κ3) is 3.67. The molecular weight excluding hydrogens is 284 g/mol. The van der Waals surface area contributed by atoms with Crippen molar-refractivity contribution in [1.29, 1.82) is 0 Å². The van der Waals surface area contributed by atoms with E-state index in [1.165, 1.54) is 0 Å². The summed E-state index contributed by atoms with van der Waals surface area (Å²) < 4.78 is 20.7. The minimum absolute atomic E-state index is 0. The van der Waals surface area contributed by atoms with Gasteiger partial charge in [0.25, 0.3) is 0 Å². The van der Waals surface area contributed by atoms with Crippen LogP contribution in [-0.2, 0) is 26.2 Å². The van der Waals surface area contributed by atoms with Gasteiger partial charge in [-0.2, -0.15) is 0 Å². The zero-order chi connectivity index (χ0) is 13.6. The number of aromatic nitrogens is 2. The SMILES string of the molecule is C=CCn1cc[n+]([Si](OC)(OC)OC)c1CCC.[Cl-]. The van der Waals surface area contributed by atoms with Crippen LogP contribution in [0.2, 0.25) is 0 Å². The van der Waals surface area contributed by atoms with Crippen molar-refractivity contribution in [1.82, 2.24) is 4.57 Å². The van der Waals surface area contributed by atoms with Gasteiger partial charge in [-0.05, 0) is 6.42 Å². The molecule has 0 amide bonds. The van der Waals surface area contributed by atoms with Gasteiger partial charge in [0, 0.05) is 27.8 Å². The van der Waals surface area contributed by atoms with Crippen molar-refractivity contribution in [3.8, 4) is 0 Å². The predicted octanol–water partition coefficient (Wildman–Crippen LogP) is -1.86. The summed E-state index contributed by atoms with van der Waals surface area (Å²) in [5, 5.41) is 0. The lowest BCUT2D eigenvalue weighted by molar-refractivity contribution is -0.601. The lowest BCUT2D eigenvalue weighted by Crippen LogP contribution is -3.00. The van der Waals surface area contributed by atoms with E-state index in [0.29, 0.717) is 0 Å². The van der Waals surface area contributed by atoms with Gasteiger partial charge < -0.3 is 25.7 Å². The second-order valence-corrected chi connectivity index (χ2v) is 6.67. The molecule has 5 nitrogen and oxygen atoms in total. The van der Waals surface area contributed by atoms with Gasteiger partial charge in [0.2, 0.25) is 5.82 Å². The summed E-state index contributed by atoms with van der Waals surface area (Å²) in [5.41, 5.74) is 0. The van der Waals surface area contributed by atoms with E-state index in [-0.39, 0.29) is 12.4 Å². The largest absolute Gasteiger partial charge is 1.00 e. The Labute approximate surface area is 122 Å². The Balaban J connectivity index is 0.00000324. The molecular formula is C12H23ClN2O3Si. The maximum Gasteiger partial charge on any atom is 0.756 e. The molecule has 0 aliphatic rings. The molecule has 1 rings (SSSR count). The van der Waals surface area contributed by atoms with Gasteiger partial charge in [-0.15, -0.1) is 0 Å². The molecule has 0 saturated carbocycles. The molecule has 0 atom stereocenters. The molecule has 0 aliphatic heterocycles. The summed E-state index contributed by atoms with van der Waals surface area (Å²) in [6.07, 6.45) is 7.82. The van der Waals surface area contributed by atoms with E-state index in [4.69, 9.17) is 13.3 Å². The summed E-state index contributed by atoms with van der Waals surface area (Å²) >= 11 is 0. The molecule has 1 heterocycles. The van der Waals surface area contributed by atoms with Crippen molar-refractivity contribution in [3.05, 3.63) is 30.9 Å². The maximum atomic E-state index is 5.52. The Kier molecular flexibility index (Phi) is 8.20. The molecule has 110 valence electrons. The predicted molar refractivity (Wildman–Crippen MR) is 71.0 cm³/mol. The van der Waals surface area contributed by atoms with Crippen LogP contribution in [0.4, 0.5) is 0 Å². The summed E-state index contributed by atoms with van der Waals surface area (Å²) in [4.78, 5) is 0. The topological polar surface area (TPSA) is 36.5 Å². The first-order valence-electron chi connectivity index (χ1n) is 6.05. The highest BCUT2D eigenvalue weighted by atomic mass is 35.5. The number of imidazole rings is 1. The fourth-order valence-corrected chi connectivity index (χ4v) is 3.94. The minimum atomic E-state index is -2.82. The summed E-state index contributed by atoms with van der Waals surface area (Å²) in [6, 6.07) is 0. The fraction of sp³-hybridized carbons (Fsp3) is 0.583. The molecule has 0 aromatic carbocycles. The zero-order valence-corrected chi connectivity index (χ0v) is 13.8. The van der Waals surface area contributed by atoms with Crippen LogP contribution in [0.1, 0.15) is 19.2 Å². The first kappa shape index (κ1) is 18.3. The van der Waals surface area contributed by atoms with E-state index in [9.17, 15) is 0 Å². The standard InChI is InChI=1S/C12H23N2O3Si.ClH/c1-6-8-12-13(9-7-2)10-11-14(12)18(15-3,16-4)17-5;/h7,10-11H,2,6,8-9H2,1,3-5H3;1H/q+1;/p-1. The van der Waals surface area contributed by atoms with Crippen molar-refractivity contribution >= 4 is 8.97 Å². The molecule has 0 saturated heterocycles. The summed E-state index contributed by atoms with van der Waals surface area (Å²) in [5.74, 6) is 1.13. The monoisotopic (exact) mass is 306 g/mol. The molecule has 0 aliphatic carbocycles. The van der Waals surface area contributed by atoms with Crippen LogP contribution in [-0.4, -0.2) is 34.9 Å². The Morgan fingerprint density at radius 2 is 1.89 bits per heavy atom. The molecule has 0 radical (unpaired) electrons. The van der Waals surface area contributed by atoms with Gasteiger partial charge in [0.05, 0.1) is 0 Å². The Bertz CT molecular complexity index is 386. The van der Waals surface area contributed by atoms with Gasteiger partial charge >= 0.3 is 8.97 Å². The second kappa shape index (κ2) is 8.50. The van der Waals surface area contributed by atoms with Crippen molar-refractivity contribution in [2.45, 2.75) is 26.3 Å². The van der Waals surface area contributed by atoms with E-state index in [1.54, 1.807) is 21.3 Å². The number of hydrogen-bond acceptors (Lipinski definition) is 3. The third-order valence-corrected chi connectivity index (χ3v) is 5.42. The molecule has 0 spiro atoms. The minimum Gasteiger partial charge on any atom is -1.00 e. The molecule has 19 heavy (non-hydrogen) atoms. The molecule has 1 aromatic rings. The number of rotatable bonds is 8. The van der Waals surface area contributed by atoms with E-state index in [1.807, 2.05) is 22.7 Å². The smallest absolute Gasteiger partial charge is 0.756 e. The molecule has 0 unspecified atom stereocenters. The Hall–Kier alpha value is -0.663. The van der Waals surface area contributed by atoms with Crippen LogP contribution in [0.25, 0.3) is 0 Å². The van der Waals surface area contributed by atoms with Crippen molar-refractivity contribution < 1.29 is 29.9 Å². The van der Waals surface area contributed by atoms with Crippen molar-refractivity contribution in [2.75, 3.05) is 21.3 Å². The zero-order valence-electron chi connectivity index (χ0n) is 12.1. The number of allylic oxidation sites excluding steroid dienone is 1. The van der Waals surface area contributed by atoms with Gasteiger partial charge in [-0.25, -0.2) is 8.80 Å². The molecule has 0 bridgehead atoms. The molecule has 0 N–H and O–H groups in total. The van der Waals surface area contributed by atoms with Crippen LogP contribution < -0.4 is 16.6 Å². The molecule has 0 fully saturated rings.